The first-order valence-corrected chi connectivity index (χ1v) is 5.09. The van der Waals surface area contributed by atoms with Gasteiger partial charge in [0.1, 0.15) is 5.39 Å². The van der Waals surface area contributed by atoms with Crippen LogP contribution in [-0.4, -0.2) is 14.8 Å². The highest BCUT2D eigenvalue weighted by Crippen LogP contribution is 2.16. The summed E-state index contributed by atoms with van der Waals surface area (Å²) in [5, 5.41) is 7.05. The molecule has 0 saturated heterocycles. The molecule has 0 aliphatic rings. The van der Waals surface area contributed by atoms with Crippen LogP contribution in [0.5, 0.6) is 0 Å². The predicted octanol–water partition coefficient (Wildman–Crippen LogP) is 1.44. The maximum atomic E-state index is 11.4. The Morgan fingerprint density at radius 3 is 3.20 bits per heavy atom. The predicted molar refractivity (Wildman–Crippen MR) is 55.3 cm³/mol. The molecular weight excluding hydrogens is 214 g/mol. The lowest BCUT2D eigenvalue weighted by Crippen LogP contribution is -1.98. The van der Waals surface area contributed by atoms with Crippen molar-refractivity contribution >= 4 is 22.4 Å². The second kappa shape index (κ2) is 3.03. The van der Waals surface area contributed by atoms with E-state index in [9.17, 15) is 4.79 Å². The van der Waals surface area contributed by atoms with Crippen LogP contribution < -0.4 is 5.43 Å². The normalized spacial score (nSPS) is 10.9. The van der Waals surface area contributed by atoms with Crippen LogP contribution in [0.2, 0.25) is 0 Å². The van der Waals surface area contributed by atoms with Crippen LogP contribution in [0.4, 0.5) is 0 Å². The van der Waals surface area contributed by atoms with Crippen LogP contribution in [0.1, 0.15) is 0 Å². The maximum absolute atomic E-state index is 11.4. The van der Waals surface area contributed by atoms with Gasteiger partial charge in [-0.2, -0.15) is 9.78 Å². The third-order valence-electron chi connectivity index (χ3n) is 1.99. The summed E-state index contributed by atoms with van der Waals surface area (Å²) < 4.78 is 6.77. The lowest BCUT2D eigenvalue weighted by Gasteiger charge is -1.94. The lowest BCUT2D eigenvalue weighted by molar-refractivity contribution is 0.572. The molecule has 3 heterocycles. The zero-order valence-corrected chi connectivity index (χ0v) is 8.27. The zero-order valence-electron chi connectivity index (χ0n) is 7.45. The van der Waals surface area contributed by atoms with Crippen molar-refractivity contribution in [3.05, 3.63) is 40.3 Å². The molecule has 0 amide bonds. The van der Waals surface area contributed by atoms with Crippen LogP contribution in [0, 0.1) is 0 Å². The van der Waals surface area contributed by atoms with E-state index in [4.69, 9.17) is 4.42 Å². The van der Waals surface area contributed by atoms with E-state index in [-0.39, 0.29) is 5.43 Å². The highest BCUT2D eigenvalue weighted by Gasteiger charge is 2.10. The molecule has 0 spiro atoms. The molecule has 0 aliphatic carbocycles. The summed E-state index contributed by atoms with van der Waals surface area (Å²) in [5.74, 6) is 0. The average molecular weight is 219 g/mol. The van der Waals surface area contributed by atoms with Gasteiger partial charge in [-0.1, -0.05) is 0 Å². The fraction of sp³-hybridized carbons (Fsp3) is 0. The second-order valence-corrected chi connectivity index (χ2v) is 3.75. The summed E-state index contributed by atoms with van der Waals surface area (Å²) in [6, 6.07) is 1.37. The zero-order chi connectivity index (χ0) is 10.3. The lowest BCUT2D eigenvalue weighted by atomic mass is 10.4. The minimum Gasteiger partial charge on any atom is -0.446 e. The molecule has 3 aromatic heterocycles. The summed E-state index contributed by atoms with van der Waals surface area (Å²) in [4.78, 5) is 15.5. The van der Waals surface area contributed by atoms with Crippen LogP contribution in [0.25, 0.3) is 16.2 Å². The Labute approximate surface area is 87.6 Å². The van der Waals surface area contributed by atoms with E-state index < -0.39 is 0 Å². The van der Waals surface area contributed by atoms with E-state index in [1.54, 1.807) is 6.20 Å². The largest absolute Gasteiger partial charge is 0.446 e. The average Bonchev–Trinajstić information content (AvgIpc) is 2.85. The van der Waals surface area contributed by atoms with Gasteiger partial charge in [-0.05, 0) is 0 Å². The Morgan fingerprint density at radius 2 is 2.40 bits per heavy atom. The molecule has 0 bridgehead atoms. The Bertz CT molecular complexity index is 653. The van der Waals surface area contributed by atoms with Crippen molar-refractivity contribution in [2.24, 2.45) is 0 Å². The Morgan fingerprint density at radius 1 is 1.47 bits per heavy atom. The van der Waals surface area contributed by atoms with Crippen LogP contribution in [0.15, 0.2) is 39.3 Å². The highest BCUT2D eigenvalue weighted by atomic mass is 32.1. The van der Waals surface area contributed by atoms with E-state index in [2.05, 4.69) is 10.1 Å². The minimum atomic E-state index is -0.0981. The molecule has 74 valence electrons. The van der Waals surface area contributed by atoms with Crippen LogP contribution in [0.3, 0.4) is 0 Å². The quantitative estimate of drug-likeness (QED) is 0.621. The molecule has 0 unspecified atom stereocenters. The molecular formula is C9H5N3O2S. The van der Waals surface area contributed by atoms with E-state index in [0.717, 1.165) is 0 Å². The summed E-state index contributed by atoms with van der Waals surface area (Å²) >= 11 is 1.43. The highest BCUT2D eigenvalue weighted by molar-refractivity contribution is 7.12. The van der Waals surface area contributed by atoms with Crippen molar-refractivity contribution < 1.29 is 4.42 Å². The molecule has 5 nitrogen and oxygen atoms in total. The summed E-state index contributed by atoms with van der Waals surface area (Å²) in [6.45, 7) is 0. The van der Waals surface area contributed by atoms with Crippen molar-refractivity contribution in [1.82, 2.24) is 14.8 Å². The van der Waals surface area contributed by atoms with Crippen molar-refractivity contribution in [2.45, 2.75) is 0 Å². The number of hydrogen-bond acceptors (Lipinski definition) is 5. The molecule has 0 fully saturated rings. The molecule has 0 aliphatic heterocycles. The van der Waals surface area contributed by atoms with Crippen molar-refractivity contribution in [3.63, 3.8) is 0 Å². The molecule has 6 heteroatoms. The molecule has 15 heavy (non-hydrogen) atoms. The molecule has 0 saturated carbocycles. The van der Waals surface area contributed by atoms with Gasteiger partial charge >= 0.3 is 0 Å². The molecule has 3 aromatic rings. The molecule has 0 N–H and O–H groups in total. The van der Waals surface area contributed by atoms with Crippen molar-refractivity contribution in [1.29, 1.82) is 0 Å². The van der Waals surface area contributed by atoms with Gasteiger partial charge in [0, 0.05) is 17.6 Å². The number of hydrogen-bond donors (Lipinski definition) is 0. The minimum absolute atomic E-state index is 0.0981. The van der Waals surface area contributed by atoms with Crippen LogP contribution >= 0.6 is 11.3 Å². The van der Waals surface area contributed by atoms with Gasteiger partial charge in [0.15, 0.2) is 5.43 Å². The molecule has 0 radical (unpaired) electrons. The first kappa shape index (κ1) is 8.37. The van der Waals surface area contributed by atoms with Crippen LogP contribution in [-0.2, 0) is 0 Å². The number of thiazole rings is 1. The van der Waals surface area contributed by atoms with Gasteiger partial charge in [-0.3, -0.25) is 4.79 Å². The SMILES string of the molecule is O=c1ccoc2c1cnn2-c1nccs1. The topological polar surface area (TPSA) is 60.9 Å². The molecule has 0 atom stereocenters. The van der Waals surface area contributed by atoms with Crippen molar-refractivity contribution in [3.8, 4) is 5.13 Å². The first-order valence-electron chi connectivity index (χ1n) is 4.22. The van der Waals surface area contributed by atoms with E-state index in [1.165, 1.54) is 34.5 Å². The van der Waals surface area contributed by atoms with E-state index in [0.29, 0.717) is 16.2 Å². The summed E-state index contributed by atoms with van der Waals surface area (Å²) in [6.07, 6.45) is 4.52. The Hall–Kier alpha value is -1.95. The number of aromatic nitrogens is 3. The van der Waals surface area contributed by atoms with Gasteiger partial charge in [0.05, 0.1) is 12.5 Å². The third-order valence-corrected chi connectivity index (χ3v) is 2.74. The maximum Gasteiger partial charge on any atom is 0.235 e. The molecule has 0 aromatic carbocycles. The Kier molecular flexibility index (Phi) is 1.69. The standard InChI is InChI=1S/C9H5N3O2S/c13-7-1-3-14-8-6(7)5-11-12(8)9-10-2-4-15-9/h1-5H. The third kappa shape index (κ3) is 1.18. The molecule has 3 rings (SSSR count). The summed E-state index contributed by atoms with van der Waals surface area (Å²) in [5.41, 5.74) is 0.330. The first-order chi connectivity index (χ1) is 7.36. The van der Waals surface area contributed by atoms with Gasteiger partial charge in [-0.15, -0.1) is 11.3 Å². The number of fused-ring (bicyclic) bond motifs is 1. The van der Waals surface area contributed by atoms with Gasteiger partial charge in [0.2, 0.25) is 10.8 Å². The number of nitrogens with zero attached hydrogens (tertiary/aromatic N) is 3. The fourth-order valence-corrected chi connectivity index (χ4v) is 1.92. The fourth-order valence-electron chi connectivity index (χ4n) is 1.33. The Balaban J connectivity index is 2.39. The summed E-state index contributed by atoms with van der Waals surface area (Å²) in [7, 11) is 0. The second-order valence-electron chi connectivity index (χ2n) is 2.87. The monoisotopic (exact) mass is 219 g/mol. The number of rotatable bonds is 1. The van der Waals surface area contributed by atoms with Gasteiger partial charge in [0.25, 0.3) is 0 Å². The van der Waals surface area contributed by atoms with Crippen molar-refractivity contribution in [2.75, 3.05) is 0 Å². The van der Waals surface area contributed by atoms with Gasteiger partial charge in [-0.25, -0.2) is 4.98 Å². The van der Waals surface area contributed by atoms with Gasteiger partial charge < -0.3 is 4.42 Å². The van der Waals surface area contributed by atoms with E-state index in [1.807, 2.05) is 5.38 Å². The smallest absolute Gasteiger partial charge is 0.235 e. The van der Waals surface area contributed by atoms with E-state index >= 15 is 0 Å².